The molecule has 2 heterocycles. The van der Waals surface area contributed by atoms with Crippen molar-refractivity contribution in [1.82, 2.24) is 15.5 Å². The van der Waals surface area contributed by atoms with Gasteiger partial charge in [0.15, 0.2) is 0 Å². The predicted molar refractivity (Wildman–Crippen MR) is 117 cm³/mol. The van der Waals surface area contributed by atoms with Gasteiger partial charge in [0.25, 0.3) is 0 Å². The van der Waals surface area contributed by atoms with Crippen LogP contribution < -0.4 is 16.4 Å². The number of piperidine rings is 2. The molecule has 2 fully saturated rings. The molecule has 0 radical (unpaired) electrons. The molecule has 160 valence electrons. The molecule has 3 atom stereocenters. The number of benzene rings is 1. The van der Waals surface area contributed by atoms with Crippen LogP contribution in [0.4, 0.5) is 0 Å². The first-order chi connectivity index (χ1) is 14.1. The number of carbonyl (C=O) groups excluding carboxylic acids is 2. The molecule has 2 amide bonds. The Hall–Kier alpha value is -2.34. The zero-order valence-electron chi connectivity index (χ0n) is 17.8. The van der Waals surface area contributed by atoms with Crippen molar-refractivity contribution in [1.29, 1.82) is 0 Å². The Morgan fingerprint density at radius 1 is 1.17 bits per heavy atom. The molecule has 0 saturated carbocycles. The van der Waals surface area contributed by atoms with Crippen LogP contribution in [0.3, 0.4) is 0 Å². The van der Waals surface area contributed by atoms with Crippen LogP contribution in [0.15, 0.2) is 42.6 Å². The van der Waals surface area contributed by atoms with E-state index in [2.05, 4.69) is 29.3 Å². The average molecular weight is 401 g/mol. The lowest BCUT2D eigenvalue weighted by Crippen LogP contribution is -2.61. The smallest absolute Gasteiger partial charge is 0.245 e. The van der Waals surface area contributed by atoms with Gasteiger partial charge in [0.05, 0.1) is 6.04 Å². The minimum absolute atomic E-state index is 0.0176. The first-order valence-electron chi connectivity index (χ1n) is 10.9. The van der Waals surface area contributed by atoms with Crippen molar-refractivity contribution in [2.75, 3.05) is 6.54 Å². The third kappa shape index (κ3) is 6.07. The SMILES string of the molecule is C=C(NCc1ccccc1)[C@@H]1CCC[C@@H]2CC[C@H](NC(=O)CCN)C(=O)N21.CC. The van der Waals surface area contributed by atoms with Gasteiger partial charge >= 0.3 is 0 Å². The van der Waals surface area contributed by atoms with Gasteiger partial charge in [0.2, 0.25) is 11.8 Å². The monoisotopic (exact) mass is 400 g/mol. The summed E-state index contributed by atoms with van der Waals surface area (Å²) in [6.07, 6.45) is 4.90. The fourth-order valence-electron chi connectivity index (χ4n) is 4.16. The maximum Gasteiger partial charge on any atom is 0.245 e. The van der Waals surface area contributed by atoms with Gasteiger partial charge in [-0.2, -0.15) is 0 Å². The summed E-state index contributed by atoms with van der Waals surface area (Å²) in [7, 11) is 0. The summed E-state index contributed by atoms with van der Waals surface area (Å²) < 4.78 is 0. The maximum atomic E-state index is 13.1. The second kappa shape index (κ2) is 11.6. The number of amides is 2. The molecule has 6 heteroatoms. The van der Waals surface area contributed by atoms with Crippen molar-refractivity contribution in [2.24, 2.45) is 5.73 Å². The highest BCUT2D eigenvalue weighted by Crippen LogP contribution is 2.33. The molecule has 2 saturated heterocycles. The summed E-state index contributed by atoms with van der Waals surface area (Å²) in [6, 6.07) is 9.94. The van der Waals surface area contributed by atoms with E-state index in [9.17, 15) is 9.59 Å². The average Bonchev–Trinajstić information content (AvgIpc) is 2.76. The second-order valence-electron chi connectivity index (χ2n) is 7.45. The van der Waals surface area contributed by atoms with Crippen molar-refractivity contribution >= 4 is 11.8 Å². The molecule has 3 rings (SSSR count). The molecule has 0 bridgehead atoms. The highest BCUT2D eigenvalue weighted by molar-refractivity contribution is 5.89. The van der Waals surface area contributed by atoms with Crippen LogP contribution in [-0.2, 0) is 16.1 Å². The fraction of sp³-hybridized carbons (Fsp3) is 0.565. The molecule has 6 nitrogen and oxygen atoms in total. The number of nitrogens with one attached hydrogen (secondary N) is 2. The normalized spacial score (nSPS) is 23.3. The van der Waals surface area contributed by atoms with Crippen LogP contribution >= 0.6 is 0 Å². The molecule has 2 aliphatic heterocycles. The van der Waals surface area contributed by atoms with E-state index in [-0.39, 0.29) is 30.3 Å². The van der Waals surface area contributed by atoms with Crippen LogP contribution in [0.2, 0.25) is 0 Å². The topological polar surface area (TPSA) is 87.5 Å². The van der Waals surface area contributed by atoms with E-state index in [0.29, 0.717) is 19.5 Å². The van der Waals surface area contributed by atoms with E-state index in [1.807, 2.05) is 36.9 Å². The Morgan fingerprint density at radius 3 is 2.59 bits per heavy atom. The lowest BCUT2D eigenvalue weighted by atomic mass is 9.85. The molecule has 0 unspecified atom stereocenters. The Labute approximate surface area is 174 Å². The molecule has 1 aromatic rings. The van der Waals surface area contributed by atoms with Crippen molar-refractivity contribution in [2.45, 2.75) is 77.0 Å². The molecule has 0 aromatic heterocycles. The van der Waals surface area contributed by atoms with Crippen molar-refractivity contribution in [3.05, 3.63) is 48.2 Å². The molecule has 1 aromatic carbocycles. The van der Waals surface area contributed by atoms with Gasteiger partial charge in [-0.25, -0.2) is 0 Å². The minimum Gasteiger partial charge on any atom is -0.383 e. The Morgan fingerprint density at radius 2 is 1.90 bits per heavy atom. The number of hydrogen-bond donors (Lipinski definition) is 3. The number of nitrogens with two attached hydrogens (primary N) is 1. The van der Waals surface area contributed by atoms with Crippen LogP contribution in [0, 0.1) is 0 Å². The largest absolute Gasteiger partial charge is 0.383 e. The zero-order valence-corrected chi connectivity index (χ0v) is 17.8. The highest BCUT2D eigenvalue weighted by Gasteiger charge is 2.42. The first kappa shape index (κ1) is 22.9. The van der Waals surface area contributed by atoms with E-state index < -0.39 is 6.04 Å². The number of rotatable bonds is 7. The van der Waals surface area contributed by atoms with E-state index in [1.54, 1.807) is 0 Å². The number of fused-ring (bicyclic) bond motifs is 1. The van der Waals surface area contributed by atoms with Crippen molar-refractivity contribution < 1.29 is 9.59 Å². The predicted octanol–water partition coefficient (Wildman–Crippen LogP) is 2.69. The van der Waals surface area contributed by atoms with E-state index in [0.717, 1.165) is 31.4 Å². The van der Waals surface area contributed by atoms with E-state index in [1.165, 1.54) is 5.56 Å². The van der Waals surface area contributed by atoms with Gasteiger partial charge in [-0.1, -0.05) is 50.8 Å². The molecular weight excluding hydrogens is 364 g/mol. The lowest BCUT2D eigenvalue weighted by molar-refractivity contribution is -0.145. The maximum absolute atomic E-state index is 13.1. The molecule has 0 spiro atoms. The Kier molecular flexibility index (Phi) is 9.19. The zero-order chi connectivity index (χ0) is 21.2. The second-order valence-corrected chi connectivity index (χ2v) is 7.45. The summed E-state index contributed by atoms with van der Waals surface area (Å²) in [5.74, 6) is -0.132. The number of carbonyl (C=O) groups is 2. The van der Waals surface area contributed by atoms with Gasteiger partial charge in [0.1, 0.15) is 6.04 Å². The Bertz CT molecular complexity index is 677. The van der Waals surface area contributed by atoms with Crippen LogP contribution in [0.5, 0.6) is 0 Å². The highest BCUT2D eigenvalue weighted by atomic mass is 16.2. The van der Waals surface area contributed by atoms with Crippen molar-refractivity contribution in [3.8, 4) is 0 Å². The van der Waals surface area contributed by atoms with Gasteiger partial charge in [-0.05, 0) is 37.7 Å². The summed E-state index contributed by atoms with van der Waals surface area (Å²) in [5.41, 5.74) is 7.51. The summed E-state index contributed by atoms with van der Waals surface area (Å²) in [6.45, 7) is 9.21. The van der Waals surface area contributed by atoms with E-state index in [4.69, 9.17) is 5.73 Å². The minimum atomic E-state index is -0.442. The van der Waals surface area contributed by atoms with Crippen LogP contribution in [0.1, 0.15) is 57.9 Å². The quantitative estimate of drug-likeness (QED) is 0.657. The number of hydrogen-bond acceptors (Lipinski definition) is 4. The van der Waals surface area contributed by atoms with E-state index >= 15 is 0 Å². The molecule has 0 aliphatic carbocycles. The van der Waals surface area contributed by atoms with Gasteiger partial charge in [0, 0.05) is 31.2 Å². The summed E-state index contributed by atoms with van der Waals surface area (Å²) >= 11 is 0. The third-order valence-electron chi connectivity index (χ3n) is 5.56. The van der Waals surface area contributed by atoms with Crippen LogP contribution in [-0.4, -0.2) is 41.4 Å². The number of nitrogens with zero attached hydrogens (tertiary/aromatic N) is 1. The van der Waals surface area contributed by atoms with Crippen molar-refractivity contribution in [3.63, 3.8) is 0 Å². The Balaban J connectivity index is 0.00000145. The van der Waals surface area contributed by atoms with Gasteiger partial charge < -0.3 is 21.3 Å². The van der Waals surface area contributed by atoms with Gasteiger partial charge in [-0.15, -0.1) is 0 Å². The lowest BCUT2D eigenvalue weighted by Gasteiger charge is -2.47. The molecule has 2 aliphatic rings. The van der Waals surface area contributed by atoms with Crippen LogP contribution in [0.25, 0.3) is 0 Å². The molecule has 29 heavy (non-hydrogen) atoms. The van der Waals surface area contributed by atoms with Gasteiger partial charge in [-0.3, -0.25) is 9.59 Å². The standard InChI is InChI=1S/C21H30N4O2.C2H6/c1-15(23-14-16-6-3-2-4-7-16)19-9-5-8-17-10-11-18(21(27)25(17)19)24-20(26)12-13-22;1-2/h2-4,6-7,17-19,23H,1,5,8-14,22H2,(H,24,26);1-2H3/t17-,18+,19+;/m1./s1. The summed E-state index contributed by atoms with van der Waals surface area (Å²) in [5, 5.41) is 6.27. The third-order valence-corrected chi connectivity index (χ3v) is 5.56. The summed E-state index contributed by atoms with van der Waals surface area (Å²) in [4.78, 5) is 27.0. The molecular formula is C23H36N4O2. The first-order valence-corrected chi connectivity index (χ1v) is 10.9. The fourth-order valence-corrected chi connectivity index (χ4v) is 4.16. The molecule has 4 N–H and O–H groups in total.